The number of ether oxygens (including phenoxy) is 2. The first-order valence-electron chi connectivity index (χ1n) is 12.7. The van der Waals surface area contributed by atoms with Crippen molar-refractivity contribution >= 4 is 17.2 Å². The average Bonchev–Trinajstić information content (AvgIpc) is 3.34. The van der Waals surface area contributed by atoms with Gasteiger partial charge in [0.25, 0.3) is 5.91 Å². The number of morpholine rings is 1. The number of benzene rings is 2. The number of nitrogens with zero attached hydrogens (tertiary/aromatic N) is 4. The number of fused-ring (bicyclic) bond motifs is 1. The zero-order valence-electron chi connectivity index (χ0n) is 21.2. The molecule has 1 fully saturated rings. The Morgan fingerprint density at radius 2 is 1.92 bits per heavy atom. The summed E-state index contributed by atoms with van der Waals surface area (Å²) in [5, 5.41) is 11.2. The van der Waals surface area contributed by atoms with Crippen LogP contribution >= 0.6 is 0 Å². The van der Waals surface area contributed by atoms with Crippen LogP contribution in [0.2, 0.25) is 0 Å². The van der Waals surface area contributed by atoms with E-state index < -0.39 is 0 Å². The fourth-order valence-electron chi connectivity index (χ4n) is 4.44. The second-order valence-electron chi connectivity index (χ2n) is 8.96. The third kappa shape index (κ3) is 5.73. The Bertz CT molecular complexity index is 1370. The van der Waals surface area contributed by atoms with Gasteiger partial charge in [0, 0.05) is 49.9 Å². The van der Waals surface area contributed by atoms with Gasteiger partial charge in [0.2, 0.25) is 5.88 Å². The highest BCUT2D eigenvalue weighted by Crippen LogP contribution is 2.29. The SMILES string of the molecule is CCNC(=O)c1ccc(-c2cnc3c(NCCN4CCOCC4)cc(Oc4ccccc4)nn23)cc1C. The van der Waals surface area contributed by atoms with Gasteiger partial charge in [-0.25, -0.2) is 9.50 Å². The lowest BCUT2D eigenvalue weighted by atomic mass is 10.0. The van der Waals surface area contributed by atoms with Gasteiger partial charge < -0.3 is 20.1 Å². The second-order valence-corrected chi connectivity index (χ2v) is 8.96. The Balaban J connectivity index is 1.47. The van der Waals surface area contributed by atoms with E-state index in [4.69, 9.17) is 19.6 Å². The maximum absolute atomic E-state index is 12.4. The lowest BCUT2D eigenvalue weighted by molar-refractivity contribution is 0.0398. The minimum Gasteiger partial charge on any atom is -0.438 e. The standard InChI is InChI=1S/C28H32N6O3/c1-3-29-28(35)23-10-9-21(17-20(23)2)25-19-31-27-24(30-11-12-33-13-15-36-16-14-33)18-26(32-34(25)27)37-22-7-5-4-6-8-22/h4-10,17-19,30H,3,11-16H2,1-2H3,(H,29,35). The molecular weight excluding hydrogens is 468 g/mol. The summed E-state index contributed by atoms with van der Waals surface area (Å²) in [6.45, 7) is 9.52. The predicted molar refractivity (Wildman–Crippen MR) is 143 cm³/mol. The summed E-state index contributed by atoms with van der Waals surface area (Å²) >= 11 is 0. The molecule has 5 rings (SSSR count). The summed E-state index contributed by atoms with van der Waals surface area (Å²) < 4.78 is 13.4. The van der Waals surface area contributed by atoms with Crippen LogP contribution in [0.25, 0.3) is 16.9 Å². The highest BCUT2D eigenvalue weighted by molar-refractivity contribution is 5.96. The van der Waals surface area contributed by atoms with Crippen LogP contribution in [-0.2, 0) is 4.74 Å². The number of para-hydroxylation sites is 1. The normalized spacial score (nSPS) is 14.0. The molecule has 2 aromatic heterocycles. The number of hydrogen-bond acceptors (Lipinski definition) is 7. The number of carbonyl (C=O) groups excluding carboxylic acids is 1. The molecule has 1 aliphatic heterocycles. The van der Waals surface area contributed by atoms with Crippen molar-refractivity contribution < 1.29 is 14.3 Å². The van der Waals surface area contributed by atoms with E-state index in [1.165, 1.54) is 0 Å². The molecule has 2 aromatic carbocycles. The number of carbonyl (C=O) groups is 1. The number of aryl methyl sites for hydroxylation is 1. The molecule has 192 valence electrons. The van der Waals surface area contributed by atoms with Gasteiger partial charge in [-0.2, -0.15) is 0 Å². The van der Waals surface area contributed by atoms with Gasteiger partial charge in [0.15, 0.2) is 5.65 Å². The van der Waals surface area contributed by atoms with Crippen molar-refractivity contribution in [1.82, 2.24) is 24.8 Å². The second kappa shape index (κ2) is 11.4. The first-order valence-corrected chi connectivity index (χ1v) is 12.7. The zero-order chi connectivity index (χ0) is 25.6. The summed E-state index contributed by atoms with van der Waals surface area (Å²) in [6, 6.07) is 17.3. The number of nitrogens with one attached hydrogen (secondary N) is 2. The van der Waals surface area contributed by atoms with Crippen molar-refractivity contribution in [3.8, 4) is 22.9 Å². The monoisotopic (exact) mass is 500 g/mol. The molecule has 0 aliphatic carbocycles. The van der Waals surface area contributed by atoms with Crippen LogP contribution < -0.4 is 15.4 Å². The quantitative estimate of drug-likeness (QED) is 0.359. The Kier molecular flexibility index (Phi) is 7.62. The molecule has 0 spiro atoms. The van der Waals surface area contributed by atoms with Gasteiger partial charge in [0.1, 0.15) is 5.75 Å². The van der Waals surface area contributed by atoms with E-state index in [-0.39, 0.29) is 5.91 Å². The number of rotatable bonds is 9. The zero-order valence-corrected chi connectivity index (χ0v) is 21.2. The molecule has 37 heavy (non-hydrogen) atoms. The van der Waals surface area contributed by atoms with E-state index in [0.717, 1.165) is 61.9 Å². The summed E-state index contributed by atoms with van der Waals surface area (Å²) in [5.41, 5.74) is 4.83. The molecule has 0 bridgehead atoms. The fourth-order valence-corrected chi connectivity index (χ4v) is 4.44. The number of hydrogen-bond donors (Lipinski definition) is 2. The number of amides is 1. The Labute approximate surface area is 216 Å². The van der Waals surface area contributed by atoms with Crippen LogP contribution in [0.1, 0.15) is 22.8 Å². The third-order valence-electron chi connectivity index (χ3n) is 6.36. The molecule has 1 aliphatic rings. The smallest absolute Gasteiger partial charge is 0.251 e. The molecule has 1 amide bonds. The molecular formula is C28H32N6O3. The maximum atomic E-state index is 12.4. The molecule has 9 heteroatoms. The third-order valence-corrected chi connectivity index (χ3v) is 6.36. The molecule has 9 nitrogen and oxygen atoms in total. The molecule has 0 atom stereocenters. The van der Waals surface area contributed by atoms with Gasteiger partial charge in [-0.3, -0.25) is 9.69 Å². The molecule has 0 radical (unpaired) electrons. The first-order chi connectivity index (χ1) is 18.1. The molecule has 2 N–H and O–H groups in total. The van der Waals surface area contributed by atoms with Gasteiger partial charge in [-0.1, -0.05) is 24.3 Å². The Morgan fingerprint density at radius 1 is 1.11 bits per heavy atom. The largest absolute Gasteiger partial charge is 0.438 e. The lowest BCUT2D eigenvalue weighted by Crippen LogP contribution is -2.39. The molecule has 3 heterocycles. The van der Waals surface area contributed by atoms with Gasteiger partial charge >= 0.3 is 0 Å². The fraction of sp³-hybridized carbons (Fsp3) is 0.321. The van der Waals surface area contributed by atoms with Crippen molar-refractivity contribution in [2.24, 2.45) is 0 Å². The van der Waals surface area contributed by atoms with Crippen LogP contribution in [0.5, 0.6) is 11.6 Å². The van der Waals surface area contributed by atoms with Crippen LogP contribution in [0.3, 0.4) is 0 Å². The molecule has 0 saturated carbocycles. The summed E-state index contributed by atoms with van der Waals surface area (Å²) in [7, 11) is 0. The van der Waals surface area contributed by atoms with Gasteiger partial charge in [-0.05, 0) is 43.7 Å². The van der Waals surface area contributed by atoms with E-state index in [1.54, 1.807) is 4.52 Å². The summed E-state index contributed by atoms with van der Waals surface area (Å²) in [6.07, 6.45) is 1.81. The maximum Gasteiger partial charge on any atom is 0.251 e. The average molecular weight is 501 g/mol. The minimum absolute atomic E-state index is 0.0758. The van der Waals surface area contributed by atoms with E-state index in [2.05, 4.69) is 15.5 Å². The van der Waals surface area contributed by atoms with Crippen molar-refractivity contribution in [3.63, 3.8) is 0 Å². The predicted octanol–water partition coefficient (Wildman–Crippen LogP) is 3.99. The van der Waals surface area contributed by atoms with Crippen LogP contribution in [0, 0.1) is 6.92 Å². The van der Waals surface area contributed by atoms with Crippen molar-refractivity contribution in [2.75, 3.05) is 51.3 Å². The van der Waals surface area contributed by atoms with Crippen LogP contribution in [0.15, 0.2) is 60.8 Å². The summed E-state index contributed by atoms with van der Waals surface area (Å²) in [4.78, 5) is 19.5. The van der Waals surface area contributed by atoms with Crippen molar-refractivity contribution in [3.05, 3.63) is 71.9 Å². The lowest BCUT2D eigenvalue weighted by Gasteiger charge is -2.26. The Morgan fingerprint density at radius 3 is 2.68 bits per heavy atom. The van der Waals surface area contributed by atoms with E-state index in [1.807, 2.05) is 74.6 Å². The summed E-state index contributed by atoms with van der Waals surface area (Å²) in [5.74, 6) is 1.09. The Hall–Kier alpha value is -3.95. The first kappa shape index (κ1) is 24.7. The van der Waals surface area contributed by atoms with Gasteiger partial charge in [-0.15, -0.1) is 5.10 Å². The minimum atomic E-state index is -0.0758. The highest BCUT2D eigenvalue weighted by atomic mass is 16.5. The van der Waals surface area contributed by atoms with Crippen LogP contribution in [0.4, 0.5) is 5.69 Å². The number of aromatic nitrogens is 3. The number of imidazole rings is 1. The van der Waals surface area contributed by atoms with Crippen molar-refractivity contribution in [2.45, 2.75) is 13.8 Å². The van der Waals surface area contributed by atoms with Crippen molar-refractivity contribution in [1.29, 1.82) is 0 Å². The van der Waals surface area contributed by atoms with Gasteiger partial charge in [0.05, 0.1) is 30.8 Å². The van der Waals surface area contributed by atoms with E-state index >= 15 is 0 Å². The molecule has 1 saturated heterocycles. The number of anilines is 1. The highest BCUT2D eigenvalue weighted by Gasteiger charge is 2.17. The van der Waals surface area contributed by atoms with E-state index in [9.17, 15) is 4.79 Å². The topological polar surface area (TPSA) is 93.0 Å². The molecule has 0 unspecified atom stereocenters. The molecule has 4 aromatic rings. The van der Waals surface area contributed by atoms with E-state index in [0.29, 0.717) is 29.4 Å². The van der Waals surface area contributed by atoms with Crippen LogP contribution in [-0.4, -0.2) is 71.3 Å².